The number of hydrogen-bond donors (Lipinski definition) is 2. The van der Waals surface area contributed by atoms with E-state index in [9.17, 15) is 9.59 Å². The predicted octanol–water partition coefficient (Wildman–Crippen LogP) is 0.389. The van der Waals surface area contributed by atoms with Crippen LogP contribution >= 0.6 is 0 Å². The van der Waals surface area contributed by atoms with Crippen molar-refractivity contribution in [2.45, 2.75) is 32.7 Å². The van der Waals surface area contributed by atoms with Crippen molar-refractivity contribution in [1.82, 2.24) is 25.3 Å². The van der Waals surface area contributed by atoms with Crippen molar-refractivity contribution >= 4 is 11.8 Å². The second-order valence-electron chi connectivity index (χ2n) is 6.83. The molecule has 2 aliphatic rings. The van der Waals surface area contributed by atoms with E-state index >= 15 is 0 Å². The molecule has 0 aromatic carbocycles. The Bertz CT molecular complexity index is 401. The molecular weight excluding hydrogens is 330 g/mol. The maximum Gasteiger partial charge on any atom is 0.243 e. The first-order valence-corrected chi connectivity index (χ1v) is 9.53. The summed E-state index contributed by atoms with van der Waals surface area (Å²) >= 11 is 0. The molecule has 2 rings (SSSR count). The van der Waals surface area contributed by atoms with Gasteiger partial charge in [-0.1, -0.05) is 13.5 Å². The lowest BCUT2D eigenvalue weighted by Crippen LogP contribution is -2.44. The second kappa shape index (κ2) is 14.7. The highest BCUT2D eigenvalue weighted by molar-refractivity contribution is 5.86. The number of piperidine rings is 1. The van der Waals surface area contributed by atoms with E-state index in [1.54, 1.807) is 14.0 Å². The van der Waals surface area contributed by atoms with Crippen LogP contribution < -0.4 is 10.6 Å². The van der Waals surface area contributed by atoms with E-state index in [-0.39, 0.29) is 11.8 Å². The maximum absolute atomic E-state index is 10.7. The Morgan fingerprint density at radius 2 is 1.54 bits per heavy atom. The van der Waals surface area contributed by atoms with Gasteiger partial charge in [0, 0.05) is 46.2 Å². The van der Waals surface area contributed by atoms with Crippen molar-refractivity contribution in [3.05, 3.63) is 12.7 Å². The largest absolute Gasteiger partial charge is 0.356 e. The Morgan fingerprint density at radius 1 is 1.04 bits per heavy atom. The van der Waals surface area contributed by atoms with Gasteiger partial charge in [0.1, 0.15) is 0 Å². The number of likely N-dealkylation sites (N-methyl/N-ethyl adjacent to an activating group) is 3. The van der Waals surface area contributed by atoms with Gasteiger partial charge in [0.05, 0.1) is 0 Å². The van der Waals surface area contributed by atoms with E-state index in [1.165, 1.54) is 38.8 Å². The molecule has 7 heteroatoms. The number of nitrogens with one attached hydrogen (secondary N) is 2. The number of likely N-dealkylation sites (tertiary alicyclic amines) is 1. The van der Waals surface area contributed by atoms with E-state index in [1.807, 2.05) is 0 Å². The third-order valence-corrected chi connectivity index (χ3v) is 4.60. The molecule has 0 bridgehead atoms. The van der Waals surface area contributed by atoms with Gasteiger partial charge >= 0.3 is 0 Å². The lowest BCUT2D eigenvalue weighted by molar-refractivity contribution is -0.120. The zero-order valence-electron chi connectivity index (χ0n) is 17.4. The van der Waals surface area contributed by atoms with Crippen molar-refractivity contribution in [2.24, 2.45) is 0 Å². The first kappa shape index (κ1) is 24.6. The molecule has 0 spiro atoms. The Hall–Kier alpha value is -1.44. The van der Waals surface area contributed by atoms with Crippen molar-refractivity contribution in [1.29, 1.82) is 0 Å². The van der Waals surface area contributed by atoms with Crippen molar-refractivity contribution in [3.8, 4) is 0 Å². The van der Waals surface area contributed by atoms with Crippen LogP contribution in [0.3, 0.4) is 0 Å². The predicted molar refractivity (Wildman–Crippen MR) is 108 cm³/mol. The molecule has 2 saturated heterocycles. The SMILES string of the molecule is C=CC(=O)NC.CC(=O)NC1CCN(C)CC1.CCN1CCN(C)CC1. The number of carbonyl (C=O) groups excluding carboxylic acids is 2. The monoisotopic (exact) mass is 369 g/mol. The summed E-state index contributed by atoms with van der Waals surface area (Å²) < 4.78 is 0. The summed E-state index contributed by atoms with van der Waals surface area (Å²) in [6.45, 7) is 15.5. The lowest BCUT2D eigenvalue weighted by atomic mass is 10.1. The average Bonchev–Trinajstić information content (AvgIpc) is 2.64. The molecule has 152 valence electrons. The molecular formula is C19H39N5O2. The molecule has 0 radical (unpaired) electrons. The van der Waals surface area contributed by atoms with Crippen molar-refractivity contribution < 1.29 is 9.59 Å². The molecule has 0 unspecified atom stereocenters. The highest BCUT2D eigenvalue weighted by atomic mass is 16.2. The maximum atomic E-state index is 10.7. The third-order valence-electron chi connectivity index (χ3n) is 4.60. The Kier molecular flexibility index (Phi) is 13.9. The highest BCUT2D eigenvalue weighted by Gasteiger charge is 2.16. The quantitative estimate of drug-likeness (QED) is 0.705. The van der Waals surface area contributed by atoms with Crippen LogP contribution in [0.15, 0.2) is 12.7 Å². The number of carbonyl (C=O) groups is 2. The average molecular weight is 370 g/mol. The van der Waals surface area contributed by atoms with Gasteiger partial charge in [-0.25, -0.2) is 0 Å². The smallest absolute Gasteiger partial charge is 0.243 e. The summed E-state index contributed by atoms with van der Waals surface area (Å²) in [5.41, 5.74) is 0. The van der Waals surface area contributed by atoms with Crippen LogP contribution in [0.5, 0.6) is 0 Å². The highest BCUT2D eigenvalue weighted by Crippen LogP contribution is 2.07. The van der Waals surface area contributed by atoms with Gasteiger partial charge in [0.15, 0.2) is 0 Å². The molecule has 0 aromatic heterocycles. The molecule has 26 heavy (non-hydrogen) atoms. The minimum absolute atomic E-state index is 0.0968. The molecule has 0 aromatic rings. The summed E-state index contributed by atoms with van der Waals surface area (Å²) in [5, 5.41) is 5.29. The third kappa shape index (κ3) is 12.9. The van der Waals surface area contributed by atoms with E-state index < -0.39 is 0 Å². The van der Waals surface area contributed by atoms with Gasteiger partial charge in [-0.15, -0.1) is 0 Å². The van der Waals surface area contributed by atoms with Gasteiger partial charge in [-0.2, -0.15) is 0 Å². The molecule has 2 aliphatic heterocycles. The fourth-order valence-corrected chi connectivity index (χ4v) is 2.71. The molecule has 7 nitrogen and oxygen atoms in total. The topological polar surface area (TPSA) is 67.9 Å². The molecule has 0 atom stereocenters. The van der Waals surface area contributed by atoms with Crippen LogP contribution in [0.1, 0.15) is 26.7 Å². The molecule has 2 N–H and O–H groups in total. The Morgan fingerprint density at radius 3 is 1.88 bits per heavy atom. The summed E-state index contributed by atoms with van der Waals surface area (Å²) in [7, 11) is 5.86. The lowest BCUT2D eigenvalue weighted by Gasteiger charge is -2.31. The van der Waals surface area contributed by atoms with Gasteiger partial charge in [0.2, 0.25) is 11.8 Å². The number of hydrogen-bond acceptors (Lipinski definition) is 5. The number of rotatable bonds is 3. The molecule has 0 aliphatic carbocycles. The van der Waals surface area contributed by atoms with Gasteiger partial charge in [-0.3, -0.25) is 9.59 Å². The van der Waals surface area contributed by atoms with Crippen LogP contribution in [0, 0.1) is 0 Å². The Balaban J connectivity index is 0.000000378. The molecule has 0 saturated carbocycles. The molecule has 2 fully saturated rings. The zero-order chi connectivity index (χ0) is 19.9. The van der Waals surface area contributed by atoms with Crippen LogP contribution in [-0.4, -0.2) is 99.5 Å². The van der Waals surface area contributed by atoms with Crippen LogP contribution in [0.4, 0.5) is 0 Å². The molecule has 2 amide bonds. The summed E-state index contributed by atoms with van der Waals surface area (Å²) in [6.07, 6.45) is 3.41. The van der Waals surface area contributed by atoms with Crippen LogP contribution in [-0.2, 0) is 9.59 Å². The number of piperazine rings is 1. The standard InChI is InChI=1S/C8H16N2O.C7H16N2.C4H7NO/c1-7(11)9-8-3-5-10(2)6-4-8;1-3-9-6-4-8(2)5-7-9;1-3-4(6)5-2/h8H,3-6H2,1-2H3,(H,9,11);3-7H2,1-2H3;3H,1H2,2H3,(H,5,6). The van der Waals surface area contributed by atoms with E-state index in [4.69, 9.17) is 0 Å². The molecule has 2 heterocycles. The van der Waals surface area contributed by atoms with Crippen molar-refractivity contribution in [2.75, 3.05) is 67.0 Å². The van der Waals surface area contributed by atoms with E-state index in [2.05, 4.69) is 52.9 Å². The fourth-order valence-electron chi connectivity index (χ4n) is 2.71. The number of amides is 2. The van der Waals surface area contributed by atoms with Crippen molar-refractivity contribution in [3.63, 3.8) is 0 Å². The van der Waals surface area contributed by atoms with Crippen LogP contribution in [0.2, 0.25) is 0 Å². The summed E-state index contributed by atoms with van der Waals surface area (Å²) in [6, 6.07) is 0.420. The summed E-state index contributed by atoms with van der Waals surface area (Å²) in [5.74, 6) is -0.0467. The Labute approximate surface area is 159 Å². The minimum Gasteiger partial charge on any atom is -0.356 e. The van der Waals surface area contributed by atoms with Crippen LogP contribution in [0.25, 0.3) is 0 Å². The number of nitrogens with zero attached hydrogens (tertiary/aromatic N) is 3. The van der Waals surface area contributed by atoms with Gasteiger partial charge in [0.25, 0.3) is 0 Å². The second-order valence-corrected chi connectivity index (χ2v) is 6.83. The van der Waals surface area contributed by atoms with Gasteiger partial charge < -0.3 is 25.3 Å². The first-order chi connectivity index (χ1) is 12.3. The first-order valence-electron chi connectivity index (χ1n) is 9.53. The normalized spacial score (nSPS) is 19.3. The zero-order valence-corrected chi connectivity index (χ0v) is 17.4. The summed E-state index contributed by atoms with van der Waals surface area (Å²) in [4.78, 5) is 27.8. The van der Waals surface area contributed by atoms with Gasteiger partial charge in [-0.05, 0) is 52.6 Å². The van der Waals surface area contributed by atoms with E-state index in [0.717, 1.165) is 25.9 Å². The minimum atomic E-state index is -0.144. The van der Waals surface area contributed by atoms with E-state index in [0.29, 0.717) is 6.04 Å². The fraction of sp³-hybridized carbons (Fsp3) is 0.789.